The van der Waals surface area contributed by atoms with Crippen LogP contribution in [0.25, 0.3) is 0 Å². The number of halogens is 1. The minimum Gasteiger partial charge on any atom is -0.489 e. The molecule has 0 spiro atoms. The Bertz CT molecular complexity index is 1060. The lowest BCUT2D eigenvalue weighted by molar-refractivity contribution is -0.114. The molecule has 0 aliphatic carbocycles. The van der Waals surface area contributed by atoms with Crippen LogP contribution in [0.1, 0.15) is 31.0 Å². The number of carbonyl (C=O) groups is 1. The molecule has 0 fully saturated rings. The van der Waals surface area contributed by atoms with Crippen LogP contribution >= 0.6 is 0 Å². The second kappa shape index (κ2) is 7.22. The number of Topliss-reactive ketones (excluding diaryl/α,β-unsaturated/α-hetero) is 1. The first-order chi connectivity index (χ1) is 13.5. The maximum atomic E-state index is 13.7. The van der Waals surface area contributed by atoms with Crippen LogP contribution in [0.5, 0.6) is 5.75 Å². The number of nitrogens with one attached hydrogen (secondary N) is 1. The molecule has 2 heterocycles. The highest BCUT2D eigenvalue weighted by Gasteiger charge is 2.32. The summed E-state index contributed by atoms with van der Waals surface area (Å²) in [6.07, 6.45) is 0. The summed E-state index contributed by atoms with van der Waals surface area (Å²) in [7, 11) is 0. The molecule has 3 aromatic rings. The standard InChI is InChI=1S/C20H18FN5O2/c1-12-18(13(2)27)19(26-20(22-12)23-24-25-26)14-7-9-16(10-8-14)28-11-15-5-3-4-6-17(15)21/h3-10,19H,11H2,1-2H3,(H,22,23,25). The average Bonchev–Trinajstić information content (AvgIpc) is 3.14. The van der Waals surface area contributed by atoms with Gasteiger partial charge in [-0.25, -0.2) is 4.39 Å². The summed E-state index contributed by atoms with van der Waals surface area (Å²) < 4.78 is 21.0. The van der Waals surface area contributed by atoms with E-state index >= 15 is 0 Å². The maximum Gasteiger partial charge on any atom is 0.248 e. The third-order valence-electron chi connectivity index (χ3n) is 4.64. The van der Waals surface area contributed by atoms with Crippen LogP contribution in [-0.4, -0.2) is 26.0 Å². The lowest BCUT2D eigenvalue weighted by Crippen LogP contribution is -2.27. The van der Waals surface area contributed by atoms with E-state index in [9.17, 15) is 9.18 Å². The van der Waals surface area contributed by atoms with E-state index in [0.29, 0.717) is 22.8 Å². The largest absolute Gasteiger partial charge is 0.489 e. The van der Waals surface area contributed by atoms with E-state index in [1.807, 2.05) is 19.1 Å². The molecular weight excluding hydrogens is 361 g/mol. The van der Waals surface area contributed by atoms with Crippen molar-refractivity contribution in [2.45, 2.75) is 26.5 Å². The summed E-state index contributed by atoms with van der Waals surface area (Å²) in [5.74, 6) is 0.720. The Hall–Kier alpha value is -3.55. The smallest absolute Gasteiger partial charge is 0.248 e. The van der Waals surface area contributed by atoms with E-state index in [0.717, 1.165) is 11.3 Å². The number of benzene rings is 2. The summed E-state index contributed by atoms with van der Waals surface area (Å²) in [6, 6.07) is 13.4. The molecule has 1 aliphatic rings. The van der Waals surface area contributed by atoms with E-state index in [-0.39, 0.29) is 18.2 Å². The summed E-state index contributed by atoms with van der Waals surface area (Å²) in [6.45, 7) is 3.48. The summed E-state index contributed by atoms with van der Waals surface area (Å²) in [5.41, 5.74) is 2.65. The van der Waals surface area contributed by atoms with Gasteiger partial charge in [0.05, 0.1) is 0 Å². The predicted octanol–water partition coefficient (Wildman–Crippen LogP) is 3.27. The zero-order valence-corrected chi connectivity index (χ0v) is 15.4. The third-order valence-corrected chi connectivity index (χ3v) is 4.64. The van der Waals surface area contributed by atoms with Crippen LogP contribution in [0.15, 0.2) is 59.8 Å². The van der Waals surface area contributed by atoms with Gasteiger partial charge in [0.15, 0.2) is 5.78 Å². The summed E-state index contributed by atoms with van der Waals surface area (Å²) >= 11 is 0. The molecule has 0 amide bonds. The number of nitrogens with zero attached hydrogens (tertiary/aromatic N) is 4. The molecule has 4 rings (SSSR count). The lowest BCUT2D eigenvalue weighted by Gasteiger charge is -2.27. The highest BCUT2D eigenvalue weighted by Crippen LogP contribution is 2.35. The first-order valence-corrected chi connectivity index (χ1v) is 8.77. The topological polar surface area (TPSA) is 81.9 Å². The zero-order chi connectivity index (χ0) is 19.7. The number of allylic oxidation sites excluding steroid dienone is 2. The van der Waals surface area contributed by atoms with Gasteiger partial charge in [0.2, 0.25) is 5.95 Å². The number of fused-ring (bicyclic) bond motifs is 1. The normalized spacial score (nSPS) is 15.8. The van der Waals surface area contributed by atoms with Crippen molar-refractivity contribution >= 4 is 11.7 Å². The number of hydrogen-bond donors (Lipinski definition) is 1. The quantitative estimate of drug-likeness (QED) is 0.733. The Morgan fingerprint density at radius 1 is 1.21 bits per heavy atom. The van der Waals surface area contributed by atoms with Crippen LogP contribution in [0.4, 0.5) is 10.3 Å². The van der Waals surface area contributed by atoms with E-state index in [1.54, 1.807) is 35.0 Å². The molecule has 0 saturated heterocycles. The summed E-state index contributed by atoms with van der Waals surface area (Å²) in [4.78, 5) is 12.2. The first kappa shape index (κ1) is 17.8. The molecule has 1 unspecified atom stereocenters. The van der Waals surface area contributed by atoms with E-state index in [1.165, 1.54) is 13.0 Å². The maximum absolute atomic E-state index is 13.7. The number of rotatable bonds is 5. The fraction of sp³-hybridized carbons (Fsp3) is 0.200. The van der Waals surface area contributed by atoms with E-state index < -0.39 is 6.04 Å². The van der Waals surface area contributed by atoms with Gasteiger partial charge >= 0.3 is 0 Å². The van der Waals surface area contributed by atoms with Crippen LogP contribution < -0.4 is 10.1 Å². The number of tetrazole rings is 1. The van der Waals surface area contributed by atoms with Gasteiger partial charge in [-0.05, 0) is 48.0 Å². The molecule has 7 nitrogen and oxygen atoms in total. The number of anilines is 1. The van der Waals surface area contributed by atoms with Crippen LogP contribution in [0.3, 0.4) is 0 Å². The van der Waals surface area contributed by atoms with Crippen molar-refractivity contribution in [2.75, 3.05) is 5.32 Å². The average molecular weight is 379 g/mol. The van der Waals surface area contributed by atoms with Crippen molar-refractivity contribution in [3.8, 4) is 5.75 Å². The van der Waals surface area contributed by atoms with Gasteiger partial charge in [-0.2, -0.15) is 4.68 Å². The second-order valence-corrected chi connectivity index (χ2v) is 6.52. The van der Waals surface area contributed by atoms with E-state index in [2.05, 4.69) is 20.8 Å². The minimum atomic E-state index is -0.427. The Morgan fingerprint density at radius 3 is 2.68 bits per heavy atom. The van der Waals surface area contributed by atoms with Gasteiger partial charge in [0, 0.05) is 16.8 Å². The number of carbonyl (C=O) groups excluding carboxylic acids is 1. The van der Waals surface area contributed by atoms with Crippen molar-refractivity contribution in [2.24, 2.45) is 0 Å². The highest BCUT2D eigenvalue weighted by molar-refractivity contribution is 5.96. The van der Waals surface area contributed by atoms with E-state index in [4.69, 9.17) is 4.74 Å². The monoisotopic (exact) mass is 379 g/mol. The number of aromatic nitrogens is 4. The SMILES string of the molecule is CC(=O)C1=C(C)Nc2nnnn2C1c1ccc(OCc2ccccc2F)cc1. The van der Waals surface area contributed by atoms with Gasteiger partial charge in [-0.15, -0.1) is 0 Å². The van der Waals surface area contributed by atoms with Gasteiger partial charge in [0.25, 0.3) is 0 Å². The van der Waals surface area contributed by atoms with Crippen molar-refractivity contribution in [3.05, 3.63) is 76.7 Å². The van der Waals surface area contributed by atoms with Gasteiger partial charge in [-0.3, -0.25) is 4.79 Å². The van der Waals surface area contributed by atoms with Crippen molar-refractivity contribution < 1.29 is 13.9 Å². The minimum absolute atomic E-state index is 0.0592. The fourth-order valence-corrected chi connectivity index (χ4v) is 3.30. The predicted molar refractivity (Wildman–Crippen MR) is 100 cm³/mol. The third kappa shape index (κ3) is 3.24. The van der Waals surface area contributed by atoms with Gasteiger partial charge in [-0.1, -0.05) is 35.4 Å². The van der Waals surface area contributed by atoms with Crippen LogP contribution in [0.2, 0.25) is 0 Å². The molecule has 0 saturated carbocycles. The molecule has 0 bridgehead atoms. The van der Waals surface area contributed by atoms with Gasteiger partial charge < -0.3 is 10.1 Å². The Kier molecular flexibility index (Phi) is 4.60. The molecule has 1 aliphatic heterocycles. The lowest BCUT2D eigenvalue weighted by atomic mass is 9.93. The molecule has 1 N–H and O–H groups in total. The molecule has 142 valence electrons. The van der Waals surface area contributed by atoms with Crippen molar-refractivity contribution in [1.29, 1.82) is 0 Å². The molecule has 8 heteroatoms. The molecule has 2 aromatic carbocycles. The Balaban J connectivity index is 1.60. The van der Waals surface area contributed by atoms with Crippen molar-refractivity contribution in [3.63, 3.8) is 0 Å². The molecule has 0 radical (unpaired) electrons. The molecule has 28 heavy (non-hydrogen) atoms. The Morgan fingerprint density at radius 2 is 1.96 bits per heavy atom. The first-order valence-electron chi connectivity index (χ1n) is 8.77. The van der Waals surface area contributed by atoms with Crippen LogP contribution in [0, 0.1) is 5.82 Å². The number of hydrogen-bond acceptors (Lipinski definition) is 6. The second-order valence-electron chi connectivity index (χ2n) is 6.52. The number of ether oxygens (including phenoxy) is 1. The Labute approximate surface area is 160 Å². The zero-order valence-electron chi connectivity index (χ0n) is 15.4. The highest BCUT2D eigenvalue weighted by atomic mass is 19.1. The molecule has 1 aromatic heterocycles. The number of ketones is 1. The summed E-state index contributed by atoms with van der Waals surface area (Å²) in [5, 5.41) is 14.7. The fourth-order valence-electron chi connectivity index (χ4n) is 3.30. The van der Waals surface area contributed by atoms with Gasteiger partial charge in [0.1, 0.15) is 24.2 Å². The molecule has 1 atom stereocenters. The van der Waals surface area contributed by atoms with Crippen molar-refractivity contribution in [1.82, 2.24) is 20.2 Å². The van der Waals surface area contributed by atoms with Crippen LogP contribution in [-0.2, 0) is 11.4 Å². The molecular formula is C20H18FN5O2.